The van der Waals surface area contributed by atoms with Gasteiger partial charge in [-0.05, 0) is 36.8 Å². The van der Waals surface area contributed by atoms with Crippen LogP contribution in [0, 0.1) is 5.82 Å². The molecular weight excluding hydrogens is 341 g/mol. The average molecular weight is 357 g/mol. The molecule has 0 spiro atoms. The number of Topliss-reactive ketones (excluding diaryl/α,β-unsaturated/α-hetero) is 1. The Kier molecular flexibility index (Phi) is 5.14. The highest BCUT2D eigenvalue weighted by molar-refractivity contribution is 7.99. The minimum atomic E-state index is -0.387. The average Bonchev–Trinajstić information content (AvgIpc) is 3.01. The highest BCUT2D eigenvalue weighted by atomic mass is 32.2. The van der Waals surface area contributed by atoms with E-state index in [1.54, 1.807) is 0 Å². The van der Waals surface area contributed by atoms with Crippen LogP contribution in [-0.2, 0) is 0 Å². The molecule has 0 aliphatic carbocycles. The van der Waals surface area contributed by atoms with Gasteiger partial charge in [0.05, 0.1) is 11.8 Å². The Balaban J connectivity index is 1.77. The molecule has 0 aliphatic rings. The minimum absolute atomic E-state index is 0.109. The van der Waals surface area contributed by atoms with Crippen molar-refractivity contribution in [1.82, 2.24) is 14.8 Å². The van der Waals surface area contributed by atoms with Gasteiger partial charge in [-0.1, -0.05) is 42.1 Å². The van der Waals surface area contributed by atoms with Gasteiger partial charge in [-0.2, -0.15) is 0 Å². The first-order valence-electron chi connectivity index (χ1n) is 7.69. The largest absolute Gasteiger partial charge is 0.344 e. The van der Waals surface area contributed by atoms with E-state index in [1.807, 2.05) is 37.3 Å². The molecule has 0 amide bonds. The Morgan fingerprint density at radius 3 is 2.56 bits per heavy atom. The number of H-pyrrole nitrogens is 1. The van der Waals surface area contributed by atoms with E-state index in [4.69, 9.17) is 0 Å². The van der Waals surface area contributed by atoms with E-state index >= 15 is 0 Å². The number of aromatic nitrogens is 3. The fraction of sp³-hybridized carbons (Fsp3) is 0.167. The van der Waals surface area contributed by atoms with Crippen molar-refractivity contribution in [3.8, 4) is 0 Å². The first kappa shape index (κ1) is 17.2. The first-order valence-corrected chi connectivity index (χ1v) is 8.68. The number of nitrogens with one attached hydrogen (secondary N) is 1. The van der Waals surface area contributed by atoms with Gasteiger partial charge in [0.25, 0.3) is 0 Å². The zero-order valence-electron chi connectivity index (χ0n) is 13.5. The summed E-state index contributed by atoms with van der Waals surface area (Å²) < 4.78 is 14.5. The van der Waals surface area contributed by atoms with Gasteiger partial charge in [0, 0.05) is 5.56 Å². The van der Waals surface area contributed by atoms with Crippen LogP contribution in [0.4, 0.5) is 4.39 Å². The van der Waals surface area contributed by atoms with Crippen LogP contribution in [0.15, 0.2) is 64.5 Å². The number of ketones is 1. The molecule has 128 valence electrons. The van der Waals surface area contributed by atoms with Crippen LogP contribution in [0.25, 0.3) is 0 Å². The summed E-state index contributed by atoms with van der Waals surface area (Å²) in [5.74, 6) is -0.432. The third-order valence-electron chi connectivity index (χ3n) is 3.84. The second kappa shape index (κ2) is 7.48. The van der Waals surface area contributed by atoms with E-state index in [-0.39, 0.29) is 29.1 Å². The fourth-order valence-corrected chi connectivity index (χ4v) is 3.38. The van der Waals surface area contributed by atoms with E-state index in [9.17, 15) is 14.0 Å². The van der Waals surface area contributed by atoms with E-state index < -0.39 is 0 Å². The molecule has 3 rings (SSSR count). The van der Waals surface area contributed by atoms with Crippen molar-refractivity contribution < 1.29 is 9.18 Å². The van der Waals surface area contributed by atoms with Crippen LogP contribution in [0.1, 0.15) is 28.9 Å². The number of aromatic amines is 1. The summed E-state index contributed by atoms with van der Waals surface area (Å²) in [5.41, 5.74) is 1.07. The molecule has 25 heavy (non-hydrogen) atoms. The molecule has 0 radical (unpaired) electrons. The van der Waals surface area contributed by atoms with Crippen molar-refractivity contribution in [2.75, 3.05) is 5.75 Å². The Hall–Kier alpha value is -2.67. The zero-order chi connectivity index (χ0) is 17.8. The monoisotopic (exact) mass is 357 g/mol. The van der Waals surface area contributed by atoms with Crippen LogP contribution in [-0.4, -0.2) is 26.3 Å². The van der Waals surface area contributed by atoms with Crippen LogP contribution >= 0.6 is 11.8 Å². The number of carbonyl (C=O) groups is 1. The molecule has 2 aromatic carbocycles. The number of hydrogen-bond donors (Lipinski definition) is 1. The first-order chi connectivity index (χ1) is 12.1. The summed E-state index contributed by atoms with van der Waals surface area (Å²) in [5, 5.41) is 6.89. The number of carbonyl (C=O) groups excluding carboxylic acids is 1. The molecule has 1 atom stereocenters. The molecule has 0 saturated carbocycles. The molecule has 1 unspecified atom stereocenters. The number of benzene rings is 2. The number of hydrogen-bond acceptors (Lipinski definition) is 4. The number of halogens is 1. The van der Waals surface area contributed by atoms with Crippen molar-refractivity contribution in [2.24, 2.45) is 0 Å². The second-order valence-corrected chi connectivity index (χ2v) is 6.43. The topological polar surface area (TPSA) is 67.8 Å². The maximum Gasteiger partial charge on any atom is 0.344 e. The molecule has 0 aliphatic heterocycles. The third kappa shape index (κ3) is 3.88. The molecule has 0 bridgehead atoms. The van der Waals surface area contributed by atoms with E-state index in [0.29, 0.717) is 10.7 Å². The molecule has 5 nitrogen and oxygen atoms in total. The predicted molar refractivity (Wildman–Crippen MR) is 94.6 cm³/mol. The summed E-state index contributed by atoms with van der Waals surface area (Å²) in [4.78, 5) is 24.3. The van der Waals surface area contributed by atoms with Crippen LogP contribution in [0.3, 0.4) is 0 Å². The lowest BCUT2D eigenvalue weighted by Gasteiger charge is -2.14. The van der Waals surface area contributed by atoms with Crippen molar-refractivity contribution >= 4 is 17.5 Å². The number of nitrogens with zero attached hydrogens (tertiary/aromatic N) is 2. The Labute approximate surface area is 147 Å². The van der Waals surface area contributed by atoms with Gasteiger partial charge in [0.2, 0.25) is 0 Å². The molecule has 1 heterocycles. The fourth-order valence-electron chi connectivity index (χ4n) is 2.46. The van der Waals surface area contributed by atoms with Gasteiger partial charge in [-0.3, -0.25) is 9.36 Å². The highest BCUT2D eigenvalue weighted by Crippen LogP contribution is 2.23. The second-order valence-electron chi connectivity index (χ2n) is 5.49. The SMILES string of the molecule is CC(c1ccccc1)n1c(SCC(=O)c2ccc(F)cc2)n[nH]c1=O. The quantitative estimate of drug-likeness (QED) is 0.543. The molecule has 0 saturated heterocycles. The van der Waals surface area contributed by atoms with Crippen LogP contribution in [0.2, 0.25) is 0 Å². The maximum absolute atomic E-state index is 12.9. The van der Waals surface area contributed by atoms with Crippen molar-refractivity contribution in [3.63, 3.8) is 0 Å². The maximum atomic E-state index is 12.9. The summed E-state index contributed by atoms with van der Waals surface area (Å²) in [6, 6.07) is 14.8. The van der Waals surface area contributed by atoms with Gasteiger partial charge >= 0.3 is 5.69 Å². The van der Waals surface area contributed by atoms with Gasteiger partial charge in [0.1, 0.15) is 5.82 Å². The number of thioether (sulfide) groups is 1. The molecule has 7 heteroatoms. The Morgan fingerprint density at radius 1 is 1.20 bits per heavy atom. The van der Waals surface area contributed by atoms with Gasteiger partial charge in [-0.25, -0.2) is 14.3 Å². The van der Waals surface area contributed by atoms with Crippen molar-refractivity contribution in [1.29, 1.82) is 0 Å². The molecule has 1 N–H and O–H groups in total. The molecule has 3 aromatic rings. The van der Waals surface area contributed by atoms with E-state index in [1.165, 1.54) is 40.6 Å². The van der Waals surface area contributed by atoms with Gasteiger partial charge < -0.3 is 0 Å². The zero-order valence-corrected chi connectivity index (χ0v) is 14.3. The van der Waals surface area contributed by atoms with E-state index in [2.05, 4.69) is 10.2 Å². The van der Waals surface area contributed by atoms with Crippen LogP contribution < -0.4 is 5.69 Å². The smallest absolute Gasteiger partial charge is 0.293 e. The summed E-state index contributed by atoms with van der Waals surface area (Å²) in [6.45, 7) is 1.90. The molecular formula is C18H16FN3O2S. The van der Waals surface area contributed by atoms with Crippen LogP contribution in [0.5, 0.6) is 0 Å². The minimum Gasteiger partial charge on any atom is -0.293 e. The van der Waals surface area contributed by atoms with Crippen molar-refractivity contribution in [2.45, 2.75) is 18.1 Å². The number of rotatable bonds is 6. The van der Waals surface area contributed by atoms with Gasteiger partial charge in [-0.15, -0.1) is 5.10 Å². The lowest BCUT2D eigenvalue weighted by Crippen LogP contribution is -2.22. The van der Waals surface area contributed by atoms with Gasteiger partial charge in [0.15, 0.2) is 10.9 Å². The van der Waals surface area contributed by atoms with E-state index in [0.717, 1.165) is 5.56 Å². The summed E-state index contributed by atoms with van der Waals surface area (Å²) >= 11 is 1.18. The summed E-state index contributed by atoms with van der Waals surface area (Å²) in [6.07, 6.45) is 0. The summed E-state index contributed by atoms with van der Waals surface area (Å²) in [7, 11) is 0. The lowest BCUT2D eigenvalue weighted by atomic mass is 10.1. The molecule has 1 aromatic heterocycles. The Morgan fingerprint density at radius 2 is 1.88 bits per heavy atom. The molecule has 0 fully saturated rings. The third-order valence-corrected chi connectivity index (χ3v) is 4.79. The standard InChI is InChI=1S/C18H16FN3O2S/c1-12(13-5-3-2-4-6-13)22-17(24)20-21-18(22)25-11-16(23)14-7-9-15(19)10-8-14/h2-10,12H,11H2,1H3,(H,20,24). The predicted octanol–water partition coefficient (Wildman–Crippen LogP) is 3.29. The highest BCUT2D eigenvalue weighted by Gasteiger charge is 2.18. The lowest BCUT2D eigenvalue weighted by molar-refractivity contribution is 0.102. The van der Waals surface area contributed by atoms with Crippen molar-refractivity contribution in [3.05, 3.63) is 82.0 Å². The Bertz CT molecular complexity index is 919. The normalized spacial score (nSPS) is 12.1.